The Labute approximate surface area is 129 Å². The lowest BCUT2D eigenvalue weighted by Gasteiger charge is -2.36. The largest absolute Gasteiger partial charge is 0.383 e. The molecule has 1 aromatic rings. The normalized spacial score (nSPS) is 22.2. The van der Waals surface area contributed by atoms with Crippen LogP contribution >= 0.6 is 0 Å². The molecule has 0 aromatic heterocycles. The summed E-state index contributed by atoms with van der Waals surface area (Å²) in [6, 6.07) is 9.47. The average Bonchev–Trinajstić information content (AvgIpc) is 2.52. The molecule has 1 N–H and O–H groups in total. The second-order valence-electron chi connectivity index (χ2n) is 6.32. The maximum atomic E-state index is 5.09. The molecule has 1 aliphatic carbocycles. The highest BCUT2D eigenvalue weighted by Crippen LogP contribution is 2.30. The SMILES string of the molecule is COCCNCc1ccccc1N(C)C1CCC(C)CC1. The molecule has 2 rings (SSSR count). The summed E-state index contributed by atoms with van der Waals surface area (Å²) in [4.78, 5) is 2.50. The molecule has 0 heterocycles. The summed E-state index contributed by atoms with van der Waals surface area (Å²) in [5.41, 5.74) is 2.76. The first kappa shape index (κ1) is 16.3. The lowest BCUT2D eigenvalue weighted by Crippen LogP contribution is -2.35. The van der Waals surface area contributed by atoms with E-state index in [2.05, 4.69) is 48.5 Å². The summed E-state index contributed by atoms with van der Waals surface area (Å²) in [5, 5.41) is 3.46. The molecule has 3 nitrogen and oxygen atoms in total. The second-order valence-corrected chi connectivity index (χ2v) is 6.32. The first-order chi connectivity index (χ1) is 10.2. The van der Waals surface area contributed by atoms with Crippen molar-refractivity contribution in [2.24, 2.45) is 5.92 Å². The van der Waals surface area contributed by atoms with E-state index in [0.29, 0.717) is 6.04 Å². The highest BCUT2D eigenvalue weighted by Gasteiger charge is 2.22. The van der Waals surface area contributed by atoms with E-state index in [4.69, 9.17) is 4.74 Å². The van der Waals surface area contributed by atoms with Crippen LogP contribution in [0.15, 0.2) is 24.3 Å². The van der Waals surface area contributed by atoms with Gasteiger partial charge in [-0.15, -0.1) is 0 Å². The number of nitrogens with zero attached hydrogens (tertiary/aromatic N) is 1. The Morgan fingerprint density at radius 1 is 1.19 bits per heavy atom. The standard InChI is InChI=1S/C18H30N2O/c1-15-8-10-17(11-9-15)20(2)18-7-5-4-6-16(18)14-19-12-13-21-3/h4-7,15,17,19H,8-14H2,1-3H3. The Hall–Kier alpha value is -1.06. The number of rotatable bonds is 7. The van der Waals surface area contributed by atoms with Gasteiger partial charge in [0.1, 0.15) is 0 Å². The van der Waals surface area contributed by atoms with Gasteiger partial charge >= 0.3 is 0 Å². The zero-order valence-corrected chi connectivity index (χ0v) is 13.8. The van der Waals surface area contributed by atoms with Crippen LogP contribution in [0.25, 0.3) is 0 Å². The number of anilines is 1. The molecule has 1 aliphatic rings. The fourth-order valence-corrected chi connectivity index (χ4v) is 3.23. The summed E-state index contributed by atoms with van der Waals surface area (Å²) in [6.45, 7) is 4.95. The molecule has 118 valence electrons. The zero-order valence-electron chi connectivity index (χ0n) is 13.8. The van der Waals surface area contributed by atoms with E-state index in [-0.39, 0.29) is 0 Å². The maximum absolute atomic E-state index is 5.09. The van der Waals surface area contributed by atoms with Crippen LogP contribution < -0.4 is 10.2 Å². The predicted molar refractivity (Wildman–Crippen MR) is 89.8 cm³/mol. The van der Waals surface area contributed by atoms with Crippen LogP contribution in [0.1, 0.15) is 38.2 Å². The topological polar surface area (TPSA) is 24.5 Å². The molecule has 0 aliphatic heterocycles. The Bertz CT molecular complexity index is 413. The van der Waals surface area contributed by atoms with Gasteiger partial charge in [-0.25, -0.2) is 0 Å². The molecule has 0 spiro atoms. The van der Waals surface area contributed by atoms with Crippen molar-refractivity contribution in [3.8, 4) is 0 Å². The summed E-state index contributed by atoms with van der Waals surface area (Å²) in [6.07, 6.45) is 5.37. The van der Waals surface area contributed by atoms with Crippen LogP contribution in [0.5, 0.6) is 0 Å². The number of ether oxygens (including phenoxy) is 1. The van der Waals surface area contributed by atoms with Gasteiger partial charge in [0.15, 0.2) is 0 Å². The first-order valence-electron chi connectivity index (χ1n) is 8.22. The molecular weight excluding hydrogens is 260 g/mol. The molecule has 21 heavy (non-hydrogen) atoms. The summed E-state index contributed by atoms with van der Waals surface area (Å²) in [5.74, 6) is 0.903. The fourth-order valence-electron chi connectivity index (χ4n) is 3.23. The maximum Gasteiger partial charge on any atom is 0.0587 e. The van der Waals surface area contributed by atoms with Crippen LogP contribution in [-0.2, 0) is 11.3 Å². The summed E-state index contributed by atoms with van der Waals surface area (Å²) >= 11 is 0. The highest BCUT2D eigenvalue weighted by molar-refractivity contribution is 5.53. The van der Waals surface area contributed by atoms with E-state index in [1.165, 1.54) is 36.9 Å². The highest BCUT2D eigenvalue weighted by atomic mass is 16.5. The lowest BCUT2D eigenvalue weighted by molar-refractivity contribution is 0.199. The van der Waals surface area contributed by atoms with E-state index >= 15 is 0 Å². The number of benzene rings is 1. The van der Waals surface area contributed by atoms with Crippen molar-refractivity contribution in [3.05, 3.63) is 29.8 Å². The lowest BCUT2D eigenvalue weighted by atomic mass is 9.86. The quantitative estimate of drug-likeness (QED) is 0.779. The van der Waals surface area contributed by atoms with E-state index in [0.717, 1.165) is 25.6 Å². The van der Waals surface area contributed by atoms with Crippen molar-refractivity contribution in [2.75, 3.05) is 32.2 Å². The van der Waals surface area contributed by atoms with Gasteiger partial charge in [-0.05, 0) is 43.2 Å². The first-order valence-corrected chi connectivity index (χ1v) is 8.22. The van der Waals surface area contributed by atoms with Crippen molar-refractivity contribution < 1.29 is 4.74 Å². The van der Waals surface area contributed by atoms with Gasteiger partial charge in [0.25, 0.3) is 0 Å². The van der Waals surface area contributed by atoms with E-state index in [9.17, 15) is 0 Å². The van der Waals surface area contributed by atoms with Crippen molar-refractivity contribution in [3.63, 3.8) is 0 Å². The van der Waals surface area contributed by atoms with Crippen LogP contribution in [-0.4, -0.2) is 33.4 Å². The number of nitrogens with one attached hydrogen (secondary N) is 1. The summed E-state index contributed by atoms with van der Waals surface area (Å²) in [7, 11) is 4.00. The van der Waals surface area contributed by atoms with Gasteiger partial charge in [0.2, 0.25) is 0 Å². The third-order valence-electron chi connectivity index (χ3n) is 4.70. The van der Waals surface area contributed by atoms with Crippen molar-refractivity contribution in [1.82, 2.24) is 5.32 Å². The molecule has 0 saturated heterocycles. The van der Waals surface area contributed by atoms with Crippen molar-refractivity contribution in [2.45, 2.75) is 45.2 Å². The number of methoxy groups -OCH3 is 1. The Morgan fingerprint density at radius 2 is 1.90 bits per heavy atom. The number of para-hydroxylation sites is 1. The third kappa shape index (κ3) is 4.72. The fraction of sp³-hybridized carbons (Fsp3) is 0.667. The van der Waals surface area contributed by atoms with E-state index in [1.807, 2.05) is 0 Å². The predicted octanol–water partition coefficient (Wildman–Crippen LogP) is 3.44. The van der Waals surface area contributed by atoms with Crippen LogP contribution in [0.3, 0.4) is 0 Å². The van der Waals surface area contributed by atoms with E-state index in [1.54, 1.807) is 7.11 Å². The van der Waals surface area contributed by atoms with E-state index < -0.39 is 0 Å². The minimum Gasteiger partial charge on any atom is -0.383 e. The van der Waals surface area contributed by atoms with Gasteiger partial charge in [-0.2, -0.15) is 0 Å². The Balaban J connectivity index is 1.97. The average molecular weight is 290 g/mol. The zero-order chi connectivity index (χ0) is 15.1. The van der Waals surface area contributed by atoms with Crippen molar-refractivity contribution >= 4 is 5.69 Å². The van der Waals surface area contributed by atoms with Crippen LogP contribution in [0.4, 0.5) is 5.69 Å². The monoisotopic (exact) mass is 290 g/mol. The molecule has 1 fully saturated rings. The molecule has 1 aromatic carbocycles. The van der Waals surface area contributed by atoms with Gasteiger partial charge in [-0.3, -0.25) is 0 Å². The number of hydrogen-bond acceptors (Lipinski definition) is 3. The molecular formula is C18H30N2O. The molecule has 3 heteroatoms. The molecule has 0 unspecified atom stereocenters. The minimum atomic E-state index is 0.696. The Kier molecular flexibility index (Phi) is 6.52. The van der Waals surface area contributed by atoms with Crippen LogP contribution in [0, 0.1) is 5.92 Å². The molecule has 0 amide bonds. The second kappa shape index (κ2) is 8.40. The smallest absolute Gasteiger partial charge is 0.0587 e. The number of hydrogen-bond donors (Lipinski definition) is 1. The minimum absolute atomic E-state index is 0.696. The van der Waals surface area contributed by atoms with Gasteiger partial charge in [0.05, 0.1) is 6.61 Å². The van der Waals surface area contributed by atoms with Gasteiger partial charge < -0.3 is 15.0 Å². The molecule has 0 radical (unpaired) electrons. The summed E-state index contributed by atoms with van der Waals surface area (Å²) < 4.78 is 5.09. The van der Waals surface area contributed by atoms with Gasteiger partial charge in [0, 0.05) is 39.0 Å². The molecule has 1 saturated carbocycles. The van der Waals surface area contributed by atoms with Crippen molar-refractivity contribution in [1.29, 1.82) is 0 Å². The molecule has 0 atom stereocenters. The Morgan fingerprint density at radius 3 is 2.62 bits per heavy atom. The van der Waals surface area contributed by atoms with Crippen LogP contribution in [0.2, 0.25) is 0 Å². The molecule has 0 bridgehead atoms. The third-order valence-corrected chi connectivity index (χ3v) is 4.70. The van der Waals surface area contributed by atoms with Gasteiger partial charge in [-0.1, -0.05) is 25.1 Å².